The normalized spacial score (nSPS) is 28.2. The van der Waals surface area contributed by atoms with Gasteiger partial charge >= 0.3 is 12.1 Å². The summed E-state index contributed by atoms with van der Waals surface area (Å²) in [5.74, 6) is 0. The van der Waals surface area contributed by atoms with Crippen molar-refractivity contribution in [1.82, 2.24) is 15.5 Å². The first-order valence-electron chi connectivity index (χ1n) is 10.7. The molecule has 0 aromatic carbocycles. The van der Waals surface area contributed by atoms with Crippen molar-refractivity contribution in [3.05, 3.63) is 0 Å². The van der Waals surface area contributed by atoms with Gasteiger partial charge in [-0.15, -0.1) is 0 Å². The number of ether oxygens (including phenoxy) is 2. The Morgan fingerprint density at radius 2 is 2.00 bits per heavy atom. The van der Waals surface area contributed by atoms with Crippen LogP contribution in [0.2, 0.25) is 6.04 Å². The predicted molar refractivity (Wildman–Crippen MR) is 115 cm³/mol. The summed E-state index contributed by atoms with van der Waals surface area (Å²) < 4.78 is 15.5. The molecule has 168 valence electrons. The van der Waals surface area contributed by atoms with Gasteiger partial charge in [0, 0.05) is 33.3 Å². The van der Waals surface area contributed by atoms with Gasteiger partial charge in [0.05, 0.1) is 6.61 Å². The second-order valence-electron chi connectivity index (χ2n) is 9.74. The monoisotopic (exact) mass is 429 g/mol. The molecule has 3 amide bonds. The topological polar surface area (TPSA) is 92.4 Å². The highest BCUT2D eigenvalue weighted by Gasteiger charge is 2.42. The number of nitrogens with zero attached hydrogens (tertiary/aromatic N) is 1. The molecule has 9 heteroatoms. The first-order valence-corrected chi connectivity index (χ1v) is 12.2. The molecule has 1 saturated heterocycles. The average Bonchev–Trinajstić information content (AvgIpc) is 3.44. The largest absolute Gasteiger partial charge is 0.447 e. The Morgan fingerprint density at radius 3 is 2.66 bits per heavy atom. The Balaban J connectivity index is 1.80. The van der Waals surface area contributed by atoms with Gasteiger partial charge in [-0.05, 0) is 42.6 Å². The first kappa shape index (κ1) is 24.0. The number of nitrogens with one attached hydrogen (secondary N) is 2. The van der Waals surface area contributed by atoms with Crippen molar-refractivity contribution in [3.63, 3.8) is 0 Å². The molecule has 2 fully saturated rings. The smallest absolute Gasteiger partial charge is 0.407 e. The van der Waals surface area contributed by atoms with Crippen molar-refractivity contribution in [1.29, 1.82) is 0 Å². The van der Waals surface area contributed by atoms with Gasteiger partial charge in [0.2, 0.25) is 0 Å². The van der Waals surface area contributed by atoms with Crippen molar-refractivity contribution < 1.29 is 23.5 Å². The summed E-state index contributed by atoms with van der Waals surface area (Å²) in [7, 11) is 3.16. The third-order valence-corrected chi connectivity index (χ3v) is 6.87. The molecule has 0 aromatic heterocycles. The Kier molecular flexibility index (Phi) is 8.78. The van der Waals surface area contributed by atoms with Gasteiger partial charge in [0.1, 0.15) is 12.7 Å². The van der Waals surface area contributed by atoms with Crippen molar-refractivity contribution >= 4 is 21.9 Å². The number of hydrogen-bond acceptors (Lipinski definition) is 5. The Morgan fingerprint density at radius 1 is 1.28 bits per heavy atom. The van der Waals surface area contributed by atoms with Crippen LogP contribution in [0.1, 0.15) is 46.5 Å². The number of urea groups is 1. The molecule has 2 rings (SSSR count). The zero-order chi connectivity index (χ0) is 21.5. The molecule has 2 N–H and O–H groups in total. The van der Waals surface area contributed by atoms with Gasteiger partial charge < -0.3 is 29.4 Å². The fraction of sp³-hybridized carbons (Fsp3) is 0.900. The summed E-state index contributed by atoms with van der Waals surface area (Å²) in [5.41, 5.74) is -0.00920. The standard InChI is InChI=1S/C20H39N3O5Si/c1-19(2)9-15(22-18(25)28-12-16-11-27-16)10-20(3,13-19)14-21-17(24)23(4)7-6-8-29-26-5/h15-16H,6-14,29H2,1-5H3,(H,21,24)(H,22,25). The maximum Gasteiger partial charge on any atom is 0.407 e. The van der Waals surface area contributed by atoms with E-state index in [-0.39, 0.29) is 35.1 Å². The Labute approximate surface area is 177 Å². The number of carbonyl (C=O) groups excluding carboxylic acids is 2. The van der Waals surface area contributed by atoms with Crippen LogP contribution in [0.25, 0.3) is 0 Å². The molecule has 1 heterocycles. The maximum absolute atomic E-state index is 12.5. The van der Waals surface area contributed by atoms with Crippen molar-refractivity contribution in [2.45, 2.75) is 64.6 Å². The van der Waals surface area contributed by atoms with E-state index >= 15 is 0 Å². The van der Waals surface area contributed by atoms with Crippen molar-refractivity contribution in [2.75, 3.05) is 40.5 Å². The molecule has 0 spiro atoms. The van der Waals surface area contributed by atoms with Crippen LogP contribution in [0.4, 0.5) is 9.59 Å². The van der Waals surface area contributed by atoms with E-state index in [1.165, 1.54) is 0 Å². The highest BCUT2D eigenvalue weighted by molar-refractivity contribution is 6.26. The van der Waals surface area contributed by atoms with Crippen molar-refractivity contribution in [3.8, 4) is 0 Å². The minimum Gasteiger partial charge on any atom is -0.447 e. The first-order chi connectivity index (χ1) is 13.6. The molecule has 1 aliphatic carbocycles. The summed E-state index contributed by atoms with van der Waals surface area (Å²) in [4.78, 5) is 26.3. The fourth-order valence-electron chi connectivity index (χ4n) is 4.53. The number of carbonyl (C=O) groups is 2. The fourth-order valence-corrected chi connectivity index (χ4v) is 5.25. The second kappa shape index (κ2) is 10.6. The molecule has 0 bridgehead atoms. The minimum atomic E-state index is -0.426. The number of hydrogen-bond donors (Lipinski definition) is 2. The lowest BCUT2D eigenvalue weighted by Crippen LogP contribution is -2.51. The zero-order valence-electron chi connectivity index (χ0n) is 18.7. The summed E-state index contributed by atoms with van der Waals surface area (Å²) >= 11 is 0. The van der Waals surface area contributed by atoms with Gasteiger partial charge in [-0.25, -0.2) is 9.59 Å². The van der Waals surface area contributed by atoms with E-state index in [1.54, 1.807) is 12.0 Å². The van der Waals surface area contributed by atoms with Crippen LogP contribution >= 0.6 is 0 Å². The Hall–Kier alpha value is -1.32. The second-order valence-corrected chi connectivity index (χ2v) is 11.4. The quantitative estimate of drug-likeness (QED) is 0.314. The molecular weight excluding hydrogens is 390 g/mol. The lowest BCUT2D eigenvalue weighted by Gasteiger charge is -2.46. The van der Waals surface area contributed by atoms with Crippen LogP contribution in [0.3, 0.4) is 0 Å². The molecule has 0 aromatic rings. The molecule has 3 unspecified atom stereocenters. The van der Waals surface area contributed by atoms with E-state index in [0.717, 1.165) is 38.3 Å². The van der Waals surface area contributed by atoms with Crippen LogP contribution in [-0.4, -0.2) is 79.4 Å². The maximum atomic E-state index is 12.5. The molecular formula is C20H39N3O5Si. The molecule has 8 nitrogen and oxygen atoms in total. The van der Waals surface area contributed by atoms with E-state index in [9.17, 15) is 9.59 Å². The summed E-state index contributed by atoms with van der Waals surface area (Å²) in [5, 5.41) is 6.12. The number of alkyl carbamates (subject to hydrolysis) is 1. The number of amides is 3. The van der Waals surface area contributed by atoms with Gasteiger partial charge in [-0.2, -0.15) is 0 Å². The van der Waals surface area contributed by atoms with E-state index in [1.807, 2.05) is 7.05 Å². The molecule has 3 atom stereocenters. The van der Waals surface area contributed by atoms with E-state index in [4.69, 9.17) is 13.9 Å². The average molecular weight is 430 g/mol. The lowest BCUT2D eigenvalue weighted by molar-refractivity contribution is 0.0646. The van der Waals surface area contributed by atoms with Gasteiger partial charge in [-0.3, -0.25) is 0 Å². The zero-order valence-corrected chi connectivity index (χ0v) is 20.1. The minimum absolute atomic E-state index is 0.0324. The third-order valence-electron chi connectivity index (χ3n) is 5.67. The van der Waals surface area contributed by atoms with Crippen LogP contribution in [0.15, 0.2) is 0 Å². The molecule has 29 heavy (non-hydrogen) atoms. The van der Waals surface area contributed by atoms with Crippen molar-refractivity contribution in [2.24, 2.45) is 10.8 Å². The van der Waals surface area contributed by atoms with Gasteiger partial charge in [0.25, 0.3) is 0 Å². The molecule has 1 saturated carbocycles. The van der Waals surface area contributed by atoms with E-state index in [0.29, 0.717) is 19.8 Å². The van der Waals surface area contributed by atoms with Crippen LogP contribution in [0, 0.1) is 10.8 Å². The molecule has 2 aliphatic rings. The summed E-state index contributed by atoms with van der Waals surface area (Å²) in [6, 6.07) is 1.07. The lowest BCUT2D eigenvalue weighted by atomic mass is 9.62. The Bertz CT molecular complexity index is 558. The van der Waals surface area contributed by atoms with Gasteiger partial charge in [0.15, 0.2) is 9.76 Å². The predicted octanol–water partition coefficient (Wildman–Crippen LogP) is 1.88. The van der Waals surface area contributed by atoms with E-state index in [2.05, 4.69) is 31.4 Å². The number of rotatable bonds is 10. The SMILES string of the molecule is CO[SiH2]CCCN(C)C(=O)NCC1(C)CC(NC(=O)OCC2CO2)CC(C)(C)C1. The summed E-state index contributed by atoms with van der Waals surface area (Å²) in [6.07, 6.45) is 3.37. The number of epoxide rings is 1. The van der Waals surface area contributed by atoms with Crippen LogP contribution < -0.4 is 10.6 Å². The third kappa shape index (κ3) is 8.92. The van der Waals surface area contributed by atoms with Crippen LogP contribution in [-0.2, 0) is 13.9 Å². The van der Waals surface area contributed by atoms with Gasteiger partial charge in [-0.1, -0.05) is 20.8 Å². The molecule has 1 aliphatic heterocycles. The summed E-state index contributed by atoms with van der Waals surface area (Å²) in [6.45, 7) is 8.95. The van der Waals surface area contributed by atoms with E-state index < -0.39 is 9.76 Å². The molecule has 0 radical (unpaired) electrons. The highest BCUT2D eigenvalue weighted by atomic mass is 28.2. The highest BCUT2D eigenvalue weighted by Crippen LogP contribution is 2.45. The van der Waals surface area contributed by atoms with Crippen LogP contribution in [0.5, 0.6) is 0 Å².